The van der Waals surface area contributed by atoms with Crippen molar-refractivity contribution >= 4 is 17.5 Å². The van der Waals surface area contributed by atoms with Gasteiger partial charge in [0.15, 0.2) is 5.89 Å². The van der Waals surface area contributed by atoms with Crippen LogP contribution in [-0.2, 0) is 17.7 Å². The van der Waals surface area contributed by atoms with Crippen LogP contribution in [0.3, 0.4) is 0 Å². The van der Waals surface area contributed by atoms with Crippen molar-refractivity contribution in [3.05, 3.63) is 51.4 Å². The van der Waals surface area contributed by atoms with Crippen LogP contribution >= 0.6 is 11.6 Å². The fourth-order valence-electron chi connectivity index (χ4n) is 3.31. The summed E-state index contributed by atoms with van der Waals surface area (Å²) in [5, 5.41) is 0.166. The minimum atomic E-state index is -0.602. The molecule has 0 bridgehead atoms. The molecule has 0 radical (unpaired) electrons. The molecule has 25 heavy (non-hydrogen) atoms. The zero-order chi connectivity index (χ0) is 17.6. The van der Waals surface area contributed by atoms with E-state index in [1.54, 1.807) is 17.9 Å². The van der Waals surface area contributed by atoms with E-state index in [-0.39, 0.29) is 16.5 Å². The molecule has 0 spiro atoms. The lowest BCUT2D eigenvalue weighted by Crippen LogP contribution is -2.36. The summed E-state index contributed by atoms with van der Waals surface area (Å²) in [6, 6.07) is 2.84. The monoisotopic (exact) mass is 364 g/mol. The van der Waals surface area contributed by atoms with Crippen molar-refractivity contribution in [2.75, 3.05) is 19.8 Å². The fraction of sp³-hybridized carbons (Fsp3) is 0.444. The summed E-state index contributed by atoms with van der Waals surface area (Å²) in [5.41, 5.74) is 1.35. The Kier molecular flexibility index (Phi) is 4.25. The van der Waals surface area contributed by atoms with Gasteiger partial charge in [0.1, 0.15) is 17.3 Å². The first-order valence-corrected chi connectivity index (χ1v) is 8.72. The third kappa shape index (κ3) is 2.93. The smallest absolute Gasteiger partial charge is 0.258 e. The largest absolute Gasteiger partial charge is 0.445 e. The van der Waals surface area contributed by atoms with Gasteiger partial charge in [-0.3, -0.25) is 4.79 Å². The van der Waals surface area contributed by atoms with Crippen molar-refractivity contribution in [2.24, 2.45) is 0 Å². The highest BCUT2D eigenvalue weighted by atomic mass is 35.5. The van der Waals surface area contributed by atoms with Crippen LogP contribution in [0.15, 0.2) is 16.5 Å². The van der Waals surface area contributed by atoms with Gasteiger partial charge in [0, 0.05) is 19.6 Å². The first-order chi connectivity index (χ1) is 12.0. The molecule has 4 rings (SSSR count). The Hall–Kier alpha value is -1.92. The Bertz CT molecular complexity index is 830. The minimum absolute atomic E-state index is 0.0713. The van der Waals surface area contributed by atoms with Gasteiger partial charge < -0.3 is 14.1 Å². The number of carbonyl (C=O) groups is 1. The molecule has 132 valence electrons. The van der Waals surface area contributed by atoms with Crippen LogP contribution in [0.25, 0.3) is 0 Å². The van der Waals surface area contributed by atoms with Crippen LogP contribution in [0.2, 0.25) is 5.02 Å². The average molecular weight is 365 g/mol. The predicted molar refractivity (Wildman–Crippen MR) is 89.3 cm³/mol. The van der Waals surface area contributed by atoms with Crippen LogP contribution in [-0.4, -0.2) is 35.5 Å². The third-order valence-corrected chi connectivity index (χ3v) is 5.30. The highest BCUT2D eigenvalue weighted by Gasteiger charge is 2.31. The number of fused-ring (bicyclic) bond motifs is 1. The number of nitrogens with zero attached hydrogens (tertiary/aromatic N) is 2. The van der Waals surface area contributed by atoms with E-state index in [0.29, 0.717) is 44.2 Å². The maximum Gasteiger partial charge on any atom is 0.258 e. The number of carbonyl (C=O) groups excluding carboxylic acids is 1. The van der Waals surface area contributed by atoms with E-state index in [9.17, 15) is 9.18 Å². The number of aryl methyl sites for hydroxylation is 1. The Morgan fingerprint density at radius 1 is 1.44 bits per heavy atom. The van der Waals surface area contributed by atoms with E-state index >= 15 is 0 Å². The summed E-state index contributed by atoms with van der Waals surface area (Å²) in [6.07, 6.45) is 1.46. The lowest BCUT2D eigenvalue weighted by atomic mass is 10.1. The average Bonchev–Trinajstić information content (AvgIpc) is 3.26. The van der Waals surface area contributed by atoms with E-state index in [2.05, 4.69) is 4.98 Å². The van der Waals surface area contributed by atoms with Crippen molar-refractivity contribution in [3.63, 3.8) is 0 Å². The Morgan fingerprint density at radius 2 is 2.28 bits per heavy atom. The van der Waals surface area contributed by atoms with Crippen LogP contribution in [0.4, 0.5) is 4.39 Å². The molecule has 1 fully saturated rings. The van der Waals surface area contributed by atoms with Crippen LogP contribution in [0, 0.1) is 12.7 Å². The number of aromatic nitrogens is 1. The SMILES string of the molecule is Cc1ccc(F)c(C(=O)N2CCc3oc(C4CCOC4)nc3C2)c1Cl. The maximum absolute atomic E-state index is 14.2. The van der Waals surface area contributed by atoms with E-state index in [1.807, 2.05) is 0 Å². The number of rotatable bonds is 2. The molecule has 0 saturated carbocycles. The van der Waals surface area contributed by atoms with Crippen LogP contribution in [0.1, 0.15) is 45.6 Å². The summed E-state index contributed by atoms with van der Waals surface area (Å²) in [6.45, 7) is 3.83. The molecule has 3 heterocycles. The number of halogens is 2. The van der Waals surface area contributed by atoms with Gasteiger partial charge in [-0.05, 0) is 25.0 Å². The summed E-state index contributed by atoms with van der Waals surface area (Å²) >= 11 is 6.17. The molecule has 1 aromatic carbocycles. The number of oxazole rings is 1. The molecule has 1 aromatic heterocycles. The maximum atomic E-state index is 14.2. The molecular weight excluding hydrogens is 347 g/mol. The molecule has 5 nitrogen and oxygen atoms in total. The molecule has 1 saturated heterocycles. The Balaban J connectivity index is 1.58. The highest BCUT2D eigenvalue weighted by molar-refractivity contribution is 6.34. The van der Waals surface area contributed by atoms with E-state index in [1.165, 1.54) is 6.07 Å². The van der Waals surface area contributed by atoms with Gasteiger partial charge in [-0.15, -0.1) is 0 Å². The Morgan fingerprint density at radius 3 is 3.04 bits per heavy atom. The van der Waals surface area contributed by atoms with Crippen molar-refractivity contribution in [3.8, 4) is 0 Å². The quantitative estimate of drug-likeness (QED) is 0.818. The van der Waals surface area contributed by atoms with Crippen molar-refractivity contribution in [1.29, 1.82) is 0 Å². The normalized spacial score (nSPS) is 20.0. The summed E-state index contributed by atoms with van der Waals surface area (Å²) < 4.78 is 25.4. The molecule has 1 amide bonds. The van der Waals surface area contributed by atoms with Crippen LogP contribution in [0.5, 0.6) is 0 Å². The second-order valence-electron chi connectivity index (χ2n) is 6.51. The summed E-state index contributed by atoms with van der Waals surface area (Å²) in [5.74, 6) is 0.651. The molecular formula is C18H18ClFN2O3. The lowest BCUT2D eigenvalue weighted by molar-refractivity contribution is 0.0723. The third-order valence-electron chi connectivity index (χ3n) is 4.81. The summed E-state index contributed by atoms with van der Waals surface area (Å²) in [4.78, 5) is 18.9. The number of ether oxygens (including phenoxy) is 1. The van der Waals surface area contributed by atoms with Gasteiger partial charge in [0.2, 0.25) is 0 Å². The molecule has 7 heteroatoms. The first-order valence-electron chi connectivity index (χ1n) is 8.34. The molecule has 1 unspecified atom stereocenters. The van der Waals surface area contributed by atoms with Crippen molar-refractivity contribution in [1.82, 2.24) is 9.88 Å². The van der Waals surface area contributed by atoms with Gasteiger partial charge in [-0.1, -0.05) is 17.7 Å². The molecule has 0 aliphatic carbocycles. The fourth-order valence-corrected chi connectivity index (χ4v) is 3.54. The molecule has 0 N–H and O–H groups in total. The lowest BCUT2D eigenvalue weighted by Gasteiger charge is -2.26. The minimum Gasteiger partial charge on any atom is -0.445 e. The predicted octanol–water partition coefficient (Wildman–Crippen LogP) is 3.48. The van der Waals surface area contributed by atoms with Crippen molar-refractivity contribution < 1.29 is 18.3 Å². The number of hydrogen-bond donors (Lipinski definition) is 0. The van der Waals surface area contributed by atoms with Gasteiger partial charge in [-0.2, -0.15) is 0 Å². The number of benzene rings is 1. The second-order valence-corrected chi connectivity index (χ2v) is 6.89. The second kappa shape index (κ2) is 6.42. The van der Waals surface area contributed by atoms with E-state index in [0.717, 1.165) is 17.9 Å². The molecule has 2 aliphatic rings. The molecule has 2 aromatic rings. The van der Waals surface area contributed by atoms with Crippen molar-refractivity contribution in [2.45, 2.75) is 32.2 Å². The standard InChI is InChI=1S/C18H18ClFN2O3/c1-10-2-3-12(20)15(16(10)19)18(23)22-6-4-14-13(8-22)21-17(25-14)11-5-7-24-9-11/h2-3,11H,4-9H2,1H3. The number of hydrogen-bond acceptors (Lipinski definition) is 4. The molecule has 2 aliphatic heterocycles. The van der Waals surface area contributed by atoms with Gasteiger partial charge >= 0.3 is 0 Å². The van der Waals surface area contributed by atoms with Gasteiger partial charge in [0.05, 0.1) is 29.7 Å². The topological polar surface area (TPSA) is 55.6 Å². The van der Waals surface area contributed by atoms with Gasteiger partial charge in [-0.25, -0.2) is 9.37 Å². The van der Waals surface area contributed by atoms with Crippen LogP contribution < -0.4 is 0 Å². The highest BCUT2D eigenvalue weighted by Crippen LogP contribution is 2.30. The zero-order valence-corrected chi connectivity index (χ0v) is 14.6. The summed E-state index contributed by atoms with van der Waals surface area (Å²) in [7, 11) is 0. The van der Waals surface area contributed by atoms with E-state index < -0.39 is 11.7 Å². The molecule has 1 atom stereocenters. The number of amides is 1. The van der Waals surface area contributed by atoms with E-state index in [4.69, 9.17) is 20.8 Å². The first kappa shape index (κ1) is 16.5. The van der Waals surface area contributed by atoms with Gasteiger partial charge in [0.25, 0.3) is 5.91 Å². The zero-order valence-electron chi connectivity index (χ0n) is 13.8. The Labute approximate surface area is 149 Å².